The molecular formula is C23H31N3O5. The van der Waals surface area contributed by atoms with Crippen LogP contribution in [0.5, 0.6) is 0 Å². The van der Waals surface area contributed by atoms with Crippen molar-refractivity contribution < 1.29 is 24.3 Å². The Kier molecular flexibility index (Phi) is 9.74. The zero-order valence-electron chi connectivity index (χ0n) is 17.6. The highest BCUT2D eigenvalue weighted by atomic mass is 16.4. The van der Waals surface area contributed by atoms with Crippen molar-refractivity contribution in [3.63, 3.8) is 0 Å². The highest BCUT2D eigenvalue weighted by molar-refractivity contribution is 5.99. The molecule has 0 bridgehead atoms. The van der Waals surface area contributed by atoms with E-state index in [0.29, 0.717) is 19.3 Å². The second-order valence-corrected chi connectivity index (χ2v) is 7.75. The molecule has 1 aromatic carbocycles. The summed E-state index contributed by atoms with van der Waals surface area (Å²) in [5.41, 5.74) is 0.910. The van der Waals surface area contributed by atoms with E-state index in [-0.39, 0.29) is 12.3 Å². The van der Waals surface area contributed by atoms with Crippen molar-refractivity contribution in [2.75, 3.05) is 0 Å². The van der Waals surface area contributed by atoms with E-state index in [9.17, 15) is 24.3 Å². The fraction of sp³-hybridized carbons (Fsp3) is 0.478. The molecule has 168 valence electrons. The molecule has 4 N–H and O–H groups in total. The number of carboxylic acid groups (broad SMARTS) is 1. The van der Waals surface area contributed by atoms with E-state index in [0.717, 1.165) is 31.2 Å². The van der Waals surface area contributed by atoms with Crippen LogP contribution in [0.25, 0.3) is 0 Å². The number of hydrogen-bond donors (Lipinski definition) is 4. The van der Waals surface area contributed by atoms with Crippen LogP contribution in [0.15, 0.2) is 43.0 Å². The molecule has 8 heteroatoms. The number of aliphatic carboxylic acids is 1. The van der Waals surface area contributed by atoms with Gasteiger partial charge < -0.3 is 21.1 Å². The van der Waals surface area contributed by atoms with Crippen molar-refractivity contribution in [2.24, 2.45) is 0 Å². The minimum absolute atomic E-state index is 0.307. The molecule has 0 unspecified atom stereocenters. The van der Waals surface area contributed by atoms with Crippen molar-refractivity contribution in [1.29, 1.82) is 0 Å². The highest BCUT2D eigenvalue weighted by Gasteiger charge is 2.35. The predicted octanol–water partition coefficient (Wildman–Crippen LogP) is 1.70. The maximum absolute atomic E-state index is 12.4. The van der Waals surface area contributed by atoms with Crippen molar-refractivity contribution in [1.82, 2.24) is 16.0 Å². The standard InChI is InChI=1S/C23H31N3O5/c1-2-3-4-5-6-10-13-17(23(30)31)24-20(27)15-19-22(29)25-18(21(28)26-19)14-16-11-8-7-9-12-16/h2,7-9,11-12,17-19H,1,3-6,10,13-15H2,(H,24,27)(H,25,29)(H,26,28)(H,30,31)/t17-,18+,19+/m1/s1. The lowest BCUT2D eigenvalue weighted by Crippen LogP contribution is -2.63. The zero-order valence-corrected chi connectivity index (χ0v) is 17.6. The lowest BCUT2D eigenvalue weighted by Gasteiger charge is -2.29. The molecule has 3 amide bonds. The van der Waals surface area contributed by atoms with Crippen molar-refractivity contribution in [3.05, 3.63) is 48.6 Å². The fourth-order valence-corrected chi connectivity index (χ4v) is 3.50. The number of amides is 3. The van der Waals surface area contributed by atoms with E-state index in [1.165, 1.54) is 0 Å². The summed E-state index contributed by atoms with van der Waals surface area (Å²) >= 11 is 0. The number of piperazine rings is 1. The molecule has 0 aromatic heterocycles. The van der Waals surface area contributed by atoms with Gasteiger partial charge in [-0.2, -0.15) is 0 Å². The van der Waals surface area contributed by atoms with E-state index in [4.69, 9.17) is 0 Å². The number of nitrogens with one attached hydrogen (secondary N) is 3. The molecule has 1 saturated heterocycles. The number of hydrogen-bond acceptors (Lipinski definition) is 4. The summed E-state index contributed by atoms with van der Waals surface area (Å²) in [5.74, 6) is -2.51. The first-order valence-electron chi connectivity index (χ1n) is 10.7. The Morgan fingerprint density at radius 3 is 2.35 bits per heavy atom. The van der Waals surface area contributed by atoms with E-state index in [2.05, 4.69) is 22.5 Å². The van der Waals surface area contributed by atoms with Crippen LogP contribution < -0.4 is 16.0 Å². The number of unbranched alkanes of at least 4 members (excludes halogenated alkanes) is 4. The van der Waals surface area contributed by atoms with Crippen LogP contribution in [-0.2, 0) is 25.6 Å². The number of carbonyl (C=O) groups is 4. The third-order valence-electron chi connectivity index (χ3n) is 5.22. The van der Waals surface area contributed by atoms with Crippen LogP contribution >= 0.6 is 0 Å². The Morgan fingerprint density at radius 2 is 1.68 bits per heavy atom. The summed E-state index contributed by atoms with van der Waals surface area (Å²) in [5, 5.41) is 17.1. The Labute approximate surface area is 182 Å². The minimum Gasteiger partial charge on any atom is -0.480 e. The van der Waals surface area contributed by atoms with Crippen LogP contribution in [0.4, 0.5) is 0 Å². The smallest absolute Gasteiger partial charge is 0.326 e. The van der Waals surface area contributed by atoms with E-state index in [1.54, 1.807) is 0 Å². The second-order valence-electron chi connectivity index (χ2n) is 7.75. The maximum Gasteiger partial charge on any atom is 0.326 e. The van der Waals surface area contributed by atoms with Gasteiger partial charge in [0.15, 0.2) is 0 Å². The van der Waals surface area contributed by atoms with Gasteiger partial charge in [0.25, 0.3) is 0 Å². The molecule has 0 spiro atoms. The molecule has 1 fully saturated rings. The molecule has 1 aliphatic rings. The zero-order chi connectivity index (χ0) is 22.6. The summed E-state index contributed by atoms with van der Waals surface area (Å²) in [6, 6.07) is 6.56. The van der Waals surface area contributed by atoms with Gasteiger partial charge in [-0.25, -0.2) is 4.79 Å². The summed E-state index contributed by atoms with van der Waals surface area (Å²) in [4.78, 5) is 48.5. The first kappa shape index (κ1) is 24.1. The molecule has 8 nitrogen and oxygen atoms in total. The molecule has 0 saturated carbocycles. The van der Waals surface area contributed by atoms with Gasteiger partial charge in [-0.3, -0.25) is 14.4 Å². The minimum atomic E-state index is -1.11. The molecule has 0 aliphatic carbocycles. The normalized spacial score (nSPS) is 19.1. The molecule has 1 heterocycles. The molecule has 31 heavy (non-hydrogen) atoms. The lowest BCUT2D eigenvalue weighted by molar-refractivity contribution is -0.143. The molecular weight excluding hydrogens is 398 g/mol. The first-order valence-corrected chi connectivity index (χ1v) is 10.7. The Balaban J connectivity index is 1.79. The maximum atomic E-state index is 12.4. The van der Waals surface area contributed by atoms with Gasteiger partial charge in [-0.05, 0) is 24.8 Å². The van der Waals surface area contributed by atoms with Crippen LogP contribution in [-0.4, -0.2) is 46.9 Å². The van der Waals surface area contributed by atoms with Crippen LogP contribution in [0.3, 0.4) is 0 Å². The molecule has 1 aromatic rings. The number of rotatable bonds is 13. The van der Waals surface area contributed by atoms with Crippen molar-refractivity contribution >= 4 is 23.7 Å². The van der Waals surface area contributed by atoms with Crippen LogP contribution in [0.2, 0.25) is 0 Å². The number of carbonyl (C=O) groups excluding carboxylic acids is 3. The van der Waals surface area contributed by atoms with Crippen LogP contribution in [0, 0.1) is 0 Å². The van der Waals surface area contributed by atoms with Gasteiger partial charge in [0.05, 0.1) is 6.42 Å². The predicted molar refractivity (Wildman–Crippen MR) is 116 cm³/mol. The Hall–Kier alpha value is -3.16. The molecule has 2 rings (SSSR count). The Morgan fingerprint density at radius 1 is 1.03 bits per heavy atom. The lowest BCUT2D eigenvalue weighted by atomic mass is 10.0. The topological polar surface area (TPSA) is 125 Å². The summed E-state index contributed by atoms with van der Waals surface area (Å²) in [6.45, 7) is 3.66. The second kappa shape index (κ2) is 12.5. The quantitative estimate of drug-likeness (QED) is 0.281. The van der Waals surface area contributed by atoms with E-state index in [1.807, 2.05) is 36.4 Å². The number of carboxylic acids is 1. The third kappa shape index (κ3) is 8.24. The van der Waals surface area contributed by atoms with Gasteiger partial charge in [-0.1, -0.05) is 55.7 Å². The van der Waals surface area contributed by atoms with E-state index < -0.39 is 35.9 Å². The van der Waals surface area contributed by atoms with Gasteiger partial charge in [0.2, 0.25) is 17.7 Å². The van der Waals surface area contributed by atoms with Crippen LogP contribution in [0.1, 0.15) is 50.5 Å². The SMILES string of the molecule is C=CCCCCCC[C@@H](NC(=O)C[C@@H]1NC(=O)[C@H](Cc2ccccc2)NC1=O)C(=O)O. The van der Waals surface area contributed by atoms with Gasteiger partial charge >= 0.3 is 5.97 Å². The molecule has 3 atom stereocenters. The average Bonchev–Trinajstić information content (AvgIpc) is 2.74. The fourth-order valence-electron chi connectivity index (χ4n) is 3.50. The third-order valence-corrected chi connectivity index (χ3v) is 5.22. The van der Waals surface area contributed by atoms with E-state index >= 15 is 0 Å². The first-order chi connectivity index (χ1) is 14.9. The van der Waals surface area contributed by atoms with Gasteiger partial charge in [-0.15, -0.1) is 6.58 Å². The average molecular weight is 430 g/mol. The highest BCUT2D eigenvalue weighted by Crippen LogP contribution is 2.10. The van der Waals surface area contributed by atoms with Gasteiger partial charge in [0, 0.05) is 6.42 Å². The number of benzene rings is 1. The molecule has 1 aliphatic heterocycles. The number of allylic oxidation sites excluding steroid dienone is 1. The summed E-state index contributed by atoms with van der Waals surface area (Å²) in [7, 11) is 0. The van der Waals surface area contributed by atoms with Crippen molar-refractivity contribution in [2.45, 2.75) is 69.5 Å². The molecule has 0 radical (unpaired) electrons. The van der Waals surface area contributed by atoms with Gasteiger partial charge in [0.1, 0.15) is 18.1 Å². The summed E-state index contributed by atoms with van der Waals surface area (Å²) < 4.78 is 0. The Bertz CT molecular complexity index is 781. The van der Waals surface area contributed by atoms with Crippen molar-refractivity contribution in [3.8, 4) is 0 Å². The monoisotopic (exact) mass is 429 g/mol. The summed E-state index contributed by atoms with van der Waals surface area (Å²) in [6.07, 6.45) is 6.68. The largest absolute Gasteiger partial charge is 0.480 e.